The number of hydrogen-bond donors (Lipinski definition) is 1. The van der Waals surface area contributed by atoms with E-state index in [1.54, 1.807) is 18.2 Å². The molecule has 0 atom stereocenters. The molecular weight excluding hydrogens is 291 g/mol. The monoisotopic (exact) mass is 298 g/mol. The fraction of sp³-hybridized carbons (Fsp3) is 0. The molecule has 0 aliphatic heterocycles. The first-order valence-electron chi connectivity index (χ1n) is 5.02. The standard InChI is InChI=1S/C13H8Cl2O2S/c14-8-3-4-10(12(15)6-8)11(13(16)17)7-9-2-1-5-18-9/h1-7H,(H,16,17). The van der Waals surface area contributed by atoms with Crippen molar-refractivity contribution >= 4 is 52.2 Å². The Labute approximate surface area is 118 Å². The third-order valence-electron chi connectivity index (χ3n) is 2.28. The van der Waals surface area contributed by atoms with Gasteiger partial charge >= 0.3 is 5.97 Å². The molecule has 2 rings (SSSR count). The number of thiophene rings is 1. The van der Waals surface area contributed by atoms with E-state index >= 15 is 0 Å². The molecule has 1 heterocycles. The summed E-state index contributed by atoms with van der Waals surface area (Å²) in [4.78, 5) is 12.2. The minimum atomic E-state index is -1.02. The van der Waals surface area contributed by atoms with Crippen molar-refractivity contribution in [2.24, 2.45) is 0 Å². The molecule has 0 saturated carbocycles. The number of benzene rings is 1. The van der Waals surface area contributed by atoms with Crippen molar-refractivity contribution in [1.29, 1.82) is 0 Å². The largest absolute Gasteiger partial charge is 0.478 e. The van der Waals surface area contributed by atoms with E-state index in [0.717, 1.165) is 4.88 Å². The van der Waals surface area contributed by atoms with E-state index < -0.39 is 5.97 Å². The van der Waals surface area contributed by atoms with Gasteiger partial charge < -0.3 is 5.11 Å². The van der Waals surface area contributed by atoms with Crippen LogP contribution in [0.2, 0.25) is 10.0 Å². The van der Waals surface area contributed by atoms with E-state index in [1.807, 2.05) is 17.5 Å². The normalized spacial score (nSPS) is 11.6. The Morgan fingerprint density at radius 3 is 2.61 bits per heavy atom. The summed E-state index contributed by atoms with van der Waals surface area (Å²) in [5.41, 5.74) is 0.612. The number of carboxylic acids is 1. The van der Waals surface area contributed by atoms with Crippen molar-refractivity contribution in [1.82, 2.24) is 0 Å². The molecule has 2 aromatic rings. The Morgan fingerprint density at radius 1 is 1.28 bits per heavy atom. The van der Waals surface area contributed by atoms with E-state index in [2.05, 4.69) is 0 Å². The molecule has 5 heteroatoms. The average molecular weight is 299 g/mol. The first kappa shape index (κ1) is 13.1. The van der Waals surface area contributed by atoms with Crippen molar-refractivity contribution in [3.8, 4) is 0 Å². The molecule has 92 valence electrons. The predicted molar refractivity (Wildman–Crippen MR) is 76.3 cm³/mol. The Balaban J connectivity index is 2.52. The second kappa shape index (κ2) is 5.57. The Bertz CT molecular complexity index is 603. The maximum atomic E-state index is 11.3. The maximum Gasteiger partial charge on any atom is 0.336 e. The van der Waals surface area contributed by atoms with Gasteiger partial charge in [0.05, 0.1) is 10.6 Å². The first-order valence-corrected chi connectivity index (χ1v) is 6.65. The zero-order valence-electron chi connectivity index (χ0n) is 9.06. The molecule has 18 heavy (non-hydrogen) atoms. The molecule has 0 radical (unpaired) electrons. The van der Waals surface area contributed by atoms with Crippen LogP contribution >= 0.6 is 34.5 Å². The van der Waals surface area contributed by atoms with E-state index in [4.69, 9.17) is 23.2 Å². The van der Waals surface area contributed by atoms with Gasteiger partial charge in [-0.25, -0.2) is 4.79 Å². The van der Waals surface area contributed by atoms with Crippen LogP contribution in [0.4, 0.5) is 0 Å². The van der Waals surface area contributed by atoms with Crippen LogP contribution in [0.3, 0.4) is 0 Å². The third kappa shape index (κ3) is 2.93. The van der Waals surface area contributed by atoms with Gasteiger partial charge in [0.15, 0.2) is 0 Å². The van der Waals surface area contributed by atoms with Crippen LogP contribution < -0.4 is 0 Å². The fourth-order valence-electron chi connectivity index (χ4n) is 1.48. The highest BCUT2D eigenvalue weighted by atomic mass is 35.5. The van der Waals surface area contributed by atoms with Crippen LogP contribution in [0.15, 0.2) is 35.7 Å². The van der Waals surface area contributed by atoms with Crippen LogP contribution in [0.1, 0.15) is 10.4 Å². The van der Waals surface area contributed by atoms with Gasteiger partial charge in [-0.3, -0.25) is 0 Å². The zero-order valence-corrected chi connectivity index (χ0v) is 11.4. The molecule has 0 unspecified atom stereocenters. The molecule has 1 N–H and O–H groups in total. The molecule has 1 aromatic carbocycles. The highest BCUT2D eigenvalue weighted by Crippen LogP contribution is 2.29. The van der Waals surface area contributed by atoms with Crippen LogP contribution in [0, 0.1) is 0 Å². The number of carboxylic acid groups (broad SMARTS) is 1. The molecule has 0 spiro atoms. The summed E-state index contributed by atoms with van der Waals surface area (Å²) in [7, 11) is 0. The topological polar surface area (TPSA) is 37.3 Å². The number of halogens is 2. The van der Waals surface area contributed by atoms with Crippen molar-refractivity contribution in [2.45, 2.75) is 0 Å². The number of aliphatic carboxylic acids is 1. The zero-order chi connectivity index (χ0) is 13.1. The molecule has 2 nitrogen and oxygen atoms in total. The number of hydrogen-bond acceptors (Lipinski definition) is 2. The van der Waals surface area contributed by atoms with Gasteiger partial charge in [0.2, 0.25) is 0 Å². The van der Waals surface area contributed by atoms with Crippen LogP contribution in [0.25, 0.3) is 11.6 Å². The Morgan fingerprint density at radius 2 is 2.06 bits per heavy atom. The summed E-state index contributed by atoms with van der Waals surface area (Å²) in [6, 6.07) is 8.46. The Hall–Kier alpha value is -1.29. The van der Waals surface area contributed by atoms with Crippen molar-refractivity contribution < 1.29 is 9.90 Å². The third-order valence-corrected chi connectivity index (χ3v) is 3.65. The van der Waals surface area contributed by atoms with Gasteiger partial charge in [0.25, 0.3) is 0 Å². The SMILES string of the molecule is O=C(O)C(=Cc1cccs1)c1ccc(Cl)cc1Cl. The molecule has 1 aromatic heterocycles. The molecule has 0 fully saturated rings. The molecule has 0 bridgehead atoms. The van der Waals surface area contributed by atoms with Crippen LogP contribution in [-0.4, -0.2) is 11.1 Å². The molecule has 0 aliphatic rings. The lowest BCUT2D eigenvalue weighted by Crippen LogP contribution is -2.00. The summed E-state index contributed by atoms with van der Waals surface area (Å²) < 4.78 is 0. The molecule has 0 saturated heterocycles. The van der Waals surface area contributed by atoms with Crippen molar-refractivity contribution in [3.05, 3.63) is 56.2 Å². The van der Waals surface area contributed by atoms with Gasteiger partial charge in [-0.1, -0.05) is 35.3 Å². The van der Waals surface area contributed by atoms with Gasteiger partial charge in [-0.2, -0.15) is 0 Å². The summed E-state index contributed by atoms with van der Waals surface area (Å²) >= 11 is 13.3. The second-order valence-electron chi connectivity index (χ2n) is 3.50. The lowest BCUT2D eigenvalue weighted by Gasteiger charge is -2.05. The number of rotatable bonds is 3. The van der Waals surface area contributed by atoms with Gasteiger partial charge in [0.1, 0.15) is 0 Å². The molecular formula is C13H8Cl2O2S. The maximum absolute atomic E-state index is 11.3. The van der Waals surface area contributed by atoms with E-state index in [0.29, 0.717) is 15.6 Å². The highest BCUT2D eigenvalue weighted by molar-refractivity contribution is 7.11. The lowest BCUT2D eigenvalue weighted by atomic mass is 10.1. The van der Waals surface area contributed by atoms with Gasteiger partial charge in [-0.15, -0.1) is 11.3 Å². The minimum absolute atomic E-state index is 0.152. The van der Waals surface area contributed by atoms with Gasteiger partial charge in [-0.05, 0) is 29.7 Å². The van der Waals surface area contributed by atoms with E-state index in [-0.39, 0.29) is 5.57 Å². The minimum Gasteiger partial charge on any atom is -0.478 e. The highest BCUT2D eigenvalue weighted by Gasteiger charge is 2.14. The second-order valence-corrected chi connectivity index (χ2v) is 5.33. The van der Waals surface area contributed by atoms with E-state index in [9.17, 15) is 9.90 Å². The Kier molecular flexibility index (Phi) is 4.07. The smallest absolute Gasteiger partial charge is 0.336 e. The average Bonchev–Trinajstić information content (AvgIpc) is 2.79. The lowest BCUT2D eigenvalue weighted by molar-refractivity contribution is -0.130. The summed E-state index contributed by atoms with van der Waals surface area (Å²) in [5, 5.41) is 12.0. The summed E-state index contributed by atoms with van der Waals surface area (Å²) in [5.74, 6) is -1.02. The quantitative estimate of drug-likeness (QED) is 0.835. The van der Waals surface area contributed by atoms with Gasteiger partial charge in [0, 0.05) is 15.5 Å². The molecule has 0 amide bonds. The van der Waals surface area contributed by atoms with Crippen molar-refractivity contribution in [2.75, 3.05) is 0 Å². The number of carbonyl (C=O) groups is 1. The van der Waals surface area contributed by atoms with Crippen molar-refractivity contribution in [3.63, 3.8) is 0 Å². The summed E-state index contributed by atoms with van der Waals surface area (Å²) in [6.45, 7) is 0. The predicted octanol–water partition coefficient (Wildman–Crippen LogP) is 4.68. The summed E-state index contributed by atoms with van der Waals surface area (Å²) in [6.07, 6.45) is 1.60. The fourth-order valence-corrected chi connectivity index (χ4v) is 2.65. The van der Waals surface area contributed by atoms with Crippen LogP contribution in [0.5, 0.6) is 0 Å². The van der Waals surface area contributed by atoms with Crippen LogP contribution in [-0.2, 0) is 4.79 Å². The van der Waals surface area contributed by atoms with E-state index in [1.165, 1.54) is 17.4 Å². The molecule has 0 aliphatic carbocycles. The first-order chi connectivity index (χ1) is 8.58.